The molecule has 0 atom stereocenters. The van der Waals surface area contributed by atoms with Crippen molar-refractivity contribution in [3.63, 3.8) is 0 Å². The second-order valence-corrected chi connectivity index (χ2v) is 6.30. The number of benzene rings is 2. The molecule has 0 bridgehead atoms. The highest BCUT2D eigenvalue weighted by molar-refractivity contribution is 7.99. The fraction of sp³-hybridized carbons (Fsp3) is 0.211. The third-order valence-electron chi connectivity index (χ3n) is 3.46. The third-order valence-corrected chi connectivity index (χ3v) is 4.56. The number of hydrogen-bond donors (Lipinski definition) is 0. The Balaban J connectivity index is 1.49. The lowest BCUT2D eigenvalue weighted by atomic mass is 10.2. The second-order valence-electron chi connectivity index (χ2n) is 5.13. The van der Waals surface area contributed by atoms with E-state index in [0.29, 0.717) is 23.3 Å². The van der Waals surface area contributed by atoms with E-state index in [1.807, 2.05) is 30.0 Å². The van der Waals surface area contributed by atoms with Gasteiger partial charge in [-0.2, -0.15) is 0 Å². The number of unbranched alkanes of at least 4 members (excludes halogenated alkanes) is 1. The topological polar surface area (TPSA) is 39.4 Å². The van der Waals surface area contributed by atoms with Crippen molar-refractivity contribution in [2.24, 2.45) is 0 Å². The van der Waals surface area contributed by atoms with Crippen LogP contribution in [0.4, 0.5) is 0 Å². The lowest BCUT2D eigenvalue weighted by Crippen LogP contribution is -2.04. The number of ether oxygens (including phenoxy) is 1. The van der Waals surface area contributed by atoms with Gasteiger partial charge in [0.1, 0.15) is 16.7 Å². The average Bonchev–Trinajstić information content (AvgIpc) is 2.59. The zero-order valence-electron chi connectivity index (χ0n) is 12.7. The van der Waals surface area contributed by atoms with Crippen molar-refractivity contribution in [2.45, 2.75) is 17.7 Å². The maximum absolute atomic E-state index is 11.9. The van der Waals surface area contributed by atoms with E-state index in [1.165, 1.54) is 17.2 Å². The lowest BCUT2D eigenvalue weighted by molar-refractivity contribution is 0.313. The molecule has 1 aromatic heterocycles. The van der Waals surface area contributed by atoms with E-state index < -0.39 is 0 Å². The summed E-state index contributed by atoms with van der Waals surface area (Å²) in [6.45, 7) is 0.600. The van der Waals surface area contributed by atoms with E-state index in [9.17, 15) is 4.79 Å². The van der Waals surface area contributed by atoms with Crippen LogP contribution < -0.4 is 10.2 Å². The van der Waals surface area contributed by atoms with Gasteiger partial charge in [-0.05, 0) is 42.9 Å². The minimum absolute atomic E-state index is 0.0681. The molecule has 0 unspecified atom stereocenters. The van der Waals surface area contributed by atoms with Crippen molar-refractivity contribution in [1.29, 1.82) is 0 Å². The maximum atomic E-state index is 11.9. The molecule has 3 nitrogen and oxygen atoms in total. The van der Waals surface area contributed by atoms with Gasteiger partial charge in [-0.25, -0.2) is 0 Å². The van der Waals surface area contributed by atoms with Gasteiger partial charge in [0, 0.05) is 11.0 Å². The van der Waals surface area contributed by atoms with E-state index in [-0.39, 0.29) is 5.43 Å². The van der Waals surface area contributed by atoms with E-state index >= 15 is 0 Å². The van der Waals surface area contributed by atoms with E-state index in [0.717, 1.165) is 18.6 Å². The molecule has 2 aromatic carbocycles. The Morgan fingerprint density at radius 1 is 0.957 bits per heavy atom. The van der Waals surface area contributed by atoms with Gasteiger partial charge in [0.15, 0.2) is 5.43 Å². The largest absolute Gasteiger partial charge is 0.493 e. The first kappa shape index (κ1) is 15.7. The molecule has 118 valence electrons. The van der Waals surface area contributed by atoms with Crippen LogP contribution in [-0.4, -0.2) is 12.4 Å². The van der Waals surface area contributed by atoms with Gasteiger partial charge in [0.05, 0.1) is 12.9 Å². The molecule has 0 aliphatic carbocycles. The maximum Gasteiger partial charge on any atom is 0.196 e. The standard InChI is InChI=1S/C19H18O3S/c20-16-11-13-22-18-10-6-9-17(19(16)18)21-12-4-5-14-23-15-7-2-1-3-8-15/h1-3,6-11,13H,4-5,12,14H2. The van der Waals surface area contributed by atoms with Gasteiger partial charge in [-0.15, -0.1) is 11.8 Å². The Morgan fingerprint density at radius 2 is 1.83 bits per heavy atom. The Kier molecular flexibility index (Phi) is 5.37. The van der Waals surface area contributed by atoms with Crippen LogP contribution in [0, 0.1) is 0 Å². The minimum Gasteiger partial charge on any atom is -0.493 e. The Bertz CT molecular complexity index is 806. The summed E-state index contributed by atoms with van der Waals surface area (Å²) in [4.78, 5) is 13.2. The van der Waals surface area contributed by atoms with Gasteiger partial charge in [0.25, 0.3) is 0 Å². The molecule has 3 aromatic rings. The predicted molar refractivity (Wildman–Crippen MR) is 94.4 cm³/mol. The minimum atomic E-state index is -0.0681. The summed E-state index contributed by atoms with van der Waals surface area (Å²) >= 11 is 1.85. The fourth-order valence-electron chi connectivity index (χ4n) is 2.32. The average molecular weight is 326 g/mol. The van der Waals surface area contributed by atoms with Crippen molar-refractivity contribution >= 4 is 22.7 Å². The van der Waals surface area contributed by atoms with E-state index in [1.54, 1.807) is 6.07 Å². The van der Waals surface area contributed by atoms with Crippen LogP contribution in [0.15, 0.2) is 75.0 Å². The molecule has 0 amide bonds. The number of hydrogen-bond acceptors (Lipinski definition) is 4. The van der Waals surface area contributed by atoms with Gasteiger partial charge < -0.3 is 9.15 Å². The summed E-state index contributed by atoms with van der Waals surface area (Å²) in [6.07, 6.45) is 3.43. The molecule has 0 N–H and O–H groups in total. The Hall–Kier alpha value is -2.20. The van der Waals surface area contributed by atoms with Crippen molar-refractivity contribution in [2.75, 3.05) is 12.4 Å². The monoisotopic (exact) mass is 326 g/mol. The molecule has 0 spiro atoms. The SMILES string of the molecule is O=c1ccoc2cccc(OCCCCSc3ccccc3)c12. The van der Waals surface area contributed by atoms with E-state index in [2.05, 4.69) is 24.3 Å². The Morgan fingerprint density at radius 3 is 2.70 bits per heavy atom. The molecule has 23 heavy (non-hydrogen) atoms. The first-order valence-electron chi connectivity index (χ1n) is 7.66. The predicted octanol–water partition coefficient (Wildman–Crippen LogP) is 4.74. The van der Waals surface area contributed by atoms with Gasteiger partial charge in [0.2, 0.25) is 0 Å². The highest BCUT2D eigenvalue weighted by Crippen LogP contribution is 2.23. The van der Waals surface area contributed by atoms with Gasteiger partial charge in [-0.1, -0.05) is 24.3 Å². The van der Waals surface area contributed by atoms with Gasteiger partial charge in [-0.3, -0.25) is 4.79 Å². The molecular weight excluding hydrogens is 308 g/mol. The molecule has 3 rings (SSSR count). The van der Waals surface area contributed by atoms with Crippen LogP contribution >= 0.6 is 11.8 Å². The fourth-order valence-corrected chi connectivity index (χ4v) is 3.25. The first-order chi connectivity index (χ1) is 11.3. The van der Waals surface area contributed by atoms with Crippen LogP contribution in [0.1, 0.15) is 12.8 Å². The highest BCUT2D eigenvalue weighted by Gasteiger charge is 2.07. The smallest absolute Gasteiger partial charge is 0.196 e. The number of thioether (sulfide) groups is 1. The molecule has 1 heterocycles. The van der Waals surface area contributed by atoms with Crippen LogP contribution in [0.25, 0.3) is 11.0 Å². The van der Waals surface area contributed by atoms with Crippen LogP contribution in [0.3, 0.4) is 0 Å². The van der Waals surface area contributed by atoms with Crippen molar-refractivity contribution in [3.05, 3.63) is 71.1 Å². The molecule has 0 fully saturated rings. The number of fused-ring (bicyclic) bond motifs is 1. The first-order valence-corrected chi connectivity index (χ1v) is 8.64. The summed E-state index contributed by atoms with van der Waals surface area (Å²) in [5, 5.41) is 0.522. The molecule has 0 aliphatic rings. The van der Waals surface area contributed by atoms with E-state index in [4.69, 9.17) is 9.15 Å². The molecule has 0 aliphatic heterocycles. The summed E-state index contributed by atoms with van der Waals surface area (Å²) in [5.74, 6) is 1.66. The third kappa shape index (κ3) is 4.17. The van der Waals surface area contributed by atoms with Crippen LogP contribution in [0.5, 0.6) is 5.75 Å². The van der Waals surface area contributed by atoms with Crippen molar-refractivity contribution in [1.82, 2.24) is 0 Å². The normalized spacial score (nSPS) is 10.8. The second kappa shape index (κ2) is 7.88. The zero-order chi connectivity index (χ0) is 15.9. The molecule has 0 saturated carbocycles. The molecule has 4 heteroatoms. The van der Waals surface area contributed by atoms with Crippen molar-refractivity contribution < 1.29 is 9.15 Å². The summed E-state index contributed by atoms with van der Waals surface area (Å²) in [5.41, 5.74) is 0.496. The van der Waals surface area contributed by atoms with Crippen LogP contribution in [-0.2, 0) is 0 Å². The summed E-state index contributed by atoms with van der Waals surface area (Å²) in [7, 11) is 0. The summed E-state index contributed by atoms with van der Waals surface area (Å²) < 4.78 is 11.1. The highest BCUT2D eigenvalue weighted by atomic mass is 32.2. The quantitative estimate of drug-likeness (QED) is 0.464. The molecular formula is C19H18O3S. The van der Waals surface area contributed by atoms with Crippen molar-refractivity contribution in [3.8, 4) is 5.75 Å². The zero-order valence-corrected chi connectivity index (χ0v) is 13.6. The lowest BCUT2D eigenvalue weighted by Gasteiger charge is -2.08. The molecule has 0 saturated heterocycles. The van der Waals surface area contributed by atoms with Gasteiger partial charge >= 0.3 is 0 Å². The molecule has 0 radical (unpaired) electrons. The Labute approximate surface area is 139 Å². The summed E-state index contributed by atoms with van der Waals surface area (Å²) in [6, 6.07) is 17.2. The number of rotatable bonds is 7. The van der Waals surface area contributed by atoms with Crippen LogP contribution in [0.2, 0.25) is 0 Å².